The van der Waals surface area contributed by atoms with E-state index in [1.54, 1.807) is 28.7 Å². The van der Waals surface area contributed by atoms with Crippen LogP contribution in [0, 0.1) is 22.7 Å². The Morgan fingerprint density at radius 1 is 0.405 bits per heavy atom. The highest BCUT2D eigenvalue weighted by atomic mass is 32.1. The van der Waals surface area contributed by atoms with Crippen LogP contribution in [0.1, 0.15) is 11.1 Å². The smallest absolute Gasteiger partial charge is 0.0998 e. The van der Waals surface area contributed by atoms with Gasteiger partial charge in [0.2, 0.25) is 0 Å². The predicted molar refractivity (Wildman–Crippen MR) is 178 cm³/mol. The molecule has 194 valence electrons. The zero-order chi connectivity index (χ0) is 28.2. The van der Waals surface area contributed by atoms with Crippen molar-refractivity contribution in [1.82, 2.24) is 0 Å². The third-order valence-corrected chi connectivity index (χ3v) is 10.3. The molecule has 4 heteroatoms. The van der Waals surface area contributed by atoms with Gasteiger partial charge in [0.05, 0.1) is 23.3 Å². The first-order chi connectivity index (χ1) is 20.7. The third-order valence-electron chi connectivity index (χ3n) is 8.00. The van der Waals surface area contributed by atoms with Gasteiger partial charge in [0.15, 0.2) is 0 Å². The maximum atomic E-state index is 10.2. The molecule has 2 nitrogen and oxygen atoms in total. The average molecular weight is 569 g/mol. The first kappa shape index (κ1) is 24.5. The quantitative estimate of drug-likeness (QED) is 0.213. The Morgan fingerprint density at radius 2 is 0.857 bits per heavy atom. The van der Waals surface area contributed by atoms with E-state index in [0.29, 0.717) is 16.7 Å². The van der Waals surface area contributed by atoms with Gasteiger partial charge in [-0.3, -0.25) is 0 Å². The monoisotopic (exact) mass is 568 g/mol. The van der Waals surface area contributed by atoms with Crippen LogP contribution in [-0.2, 0) is 0 Å². The van der Waals surface area contributed by atoms with E-state index in [4.69, 9.17) is 0 Å². The van der Waals surface area contributed by atoms with Crippen LogP contribution in [0.2, 0.25) is 0 Å². The molecule has 8 rings (SSSR count). The van der Waals surface area contributed by atoms with Crippen LogP contribution >= 0.6 is 22.7 Å². The van der Waals surface area contributed by atoms with Crippen LogP contribution < -0.4 is 0 Å². The Morgan fingerprint density at radius 3 is 1.36 bits per heavy atom. The van der Waals surface area contributed by atoms with Gasteiger partial charge in [0.25, 0.3) is 0 Å². The number of benzene rings is 6. The van der Waals surface area contributed by atoms with E-state index in [9.17, 15) is 10.5 Å². The minimum Gasteiger partial charge on any atom is -0.192 e. The number of hydrogen-bond donors (Lipinski definition) is 0. The lowest BCUT2D eigenvalue weighted by Gasteiger charge is -2.18. The fourth-order valence-corrected chi connectivity index (χ4v) is 8.27. The average Bonchev–Trinajstić information content (AvgIpc) is 3.61. The second-order valence-corrected chi connectivity index (χ2v) is 12.5. The maximum Gasteiger partial charge on any atom is 0.0998 e. The summed E-state index contributed by atoms with van der Waals surface area (Å²) in [4.78, 5) is 0. The summed E-state index contributed by atoms with van der Waals surface area (Å²) in [5.74, 6) is 0. The minimum absolute atomic E-state index is 0.492. The summed E-state index contributed by atoms with van der Waals surface area (Å²) in [5, 5.41) is 25.4. The lowest BCUT2D eigenvalue weighted by molar-refractivity contribution is 1.44. The summed E-state index contributed by atoms with van der Waals surface area (Å²) in [6, 6.07) is 46.7. The zero-order valence-corrected chi connectivity index (χ0v) is 23.9. The van der Waals surface area contributed by atoms with Crippen LogP contribution in [0.3, 0.4) is 0 Å². The third kappa shape index (κ3) is 3.75. The predicted octanol–water partition coefficient (Wildman–Crippen LogP) is 11.2. The Labute approximate surface area is 250 Å². The molecule has 42 heavy (non-hydrogen) atoms. The van der Waals surface area contributed by atoms with Gasteiger partial charge in [-0.1, -0.05) is 72.8 Å². The van der Waals surface area contributed by atoms with E-state index in [1.165, 1.54) is 40.3 Å². The van der Waals surface area contributed by atoms with Gasteiger partial charge in [0.1, 0.15) is 0 Å². The summed E-state index contributed by atoms with van der Waals surface area (Å²) in [6.45, 7) is 0. The molecule has 6 aromatic carbocycles. The Balaban J connectivity index is 1.46. The molecule has 0 spiro atoms. The molecule has 0 aliphatic heterocycles. The number of fused-ring (bicyclic) bond motifs is 6. The van der Waals surface area contributed by atoms with E-state index in [2.05, 4.69) is 115 Å². The molecule has 0 fully saturated rings. The van der Waals surface area contributed by atoms with Gasteiger partial charge in [-0.25, -0.2) is 0 Å². The molecule has 2 heterocycles. The molecule has 8 aromatic rings. The Kier molecular flexibility index (Phi) is 5.66. The summed E-state index contributed by atoms with van der Waals surface area (Å²) in [6.07, 6.45) is 0. The van der Waals surface area contributed by atoms with Crippen LogP contribution in [0.25, 0.3) is 73.7 Å². The molecular formula is C38H20N2S2. The summed E-state index contributed by atoms with van der Waals surface area (Å²) in [5.41, 5.74) is 6.68. The highest BCUT2D eigenvalue weighted by Gasteiger charge is 2.21. The second kappa shape index (κ2) is 9.68. The number of hydrogen-bond acceptors (Lipinski definition) is 4. The first-order valence-electron chi connectivity index (χ1n) is 13.6. The van der Waals surface area contributed by atoms with E-state index < -0.39 is 0 Å². The minimum atomic E-state index is 0.492. The van der Waals surface area contributed by atoms with Gasteiger partial charge in [-0.2, -0.15) is 10.5 Å². The van der Waals surface area contributed by atoms with E-state index >= 15 is 0 Å². The highest BCUT2D eigenvalue weighted by Crippen LogP contribution is 2.46. The van der Waals surface area contributed by atoms with Crippen molar-refractivity contribution in [3.05, 3.63) is 132 Å². The van der Waals surface area contributed by atoms with Gasteiger partial charge in [-0.15, -0.1) is 22.7 Å². The molecular weight excluding hydrogens is 549 g/mol. The number of nitriles is 2. The molecule has 0 saturated carbocycles. The normalized spacial score (nSPS) is 11.3. The van der Waals surface area contributed by atoms with Crippen molar-refractivity contribution in [3.8, 4) is 45.5 Å². The van der Waals surface area contributed by atoms with Crippen LogP contribution in [-0.4, -0.2) is 0 Å². The molecule has 0 bridgehead atoms. The summed E-state index contributed by atoms with van der Waals surface area (Å²) < 4.78 is 5.00. The van der Waals surface area contributed by atoms with Crippen LogP contribution in [0.4, 0.5) is 0 Å². The van der Waals surface area contributed by atoms with Crippen molar-refractivity contribution < 1.29 is 0 Å². The van der Waals surface area contributed by atoms with Crippen molar-refractivity contribution in [2.45, 2.75) is 0 Å². The molecule has 0 aliphatic carbocycles. The molecule has 2 aromatic heterocycles. The van der Waals surface area contributed by atoms with Crippen molar-refractivity contribution in [1.29, 1.82) is 10.5 Å². The molecule has 0 amide bonds. The standard InChI is InChI=1S/C38H20N2S2/c39-21-25-7-5-8-26(22-40)37(25)38-27(23-15-17-35-31(19-23)29-9-1-3-13-33(29)41-35)11-6-12-28(38)24-16-18-36-32(20-24)30-10-2-4-14-34(30)42-36/h1-20H. The fourth-order valence-electron chi connectivity index (χ4n) is 6.10. The summed E-state index contributed by atoms with van der Waals surface area (Å²) in [7, 11) is 0. The molecule has 0 aliphatic rings. The molecule has 0 saturated heterocycles. The second-order valence-electron chi connectivity index (χ2n) is 10.3. The van der Waals surface area contributed by atoms with Gasteiger partial charge < -0.3 is 0 Å². The van der Waals surface area contributed by atoms with E-state index in [0.717, 1.165) is 27.8 Å². The largest absolute Gasteiger partial charge is 0.192 e. The topological polar surface area (TPSA) is 47.6 Å². The lowest BCUT2D eigenvalue weighted by Crippen LogP contribution is -1.96. The zero-order valence-electron chi connectivity index (χ0n) is 22.3. The van der Waals surface area contributed by atoms with E-state index in [1.807, 2.05) is 12.1 Å². The van der Waals surface area contributed by atoms with Crippen LogP contribution in [0.5, 0.6) is 0 Å². The highest BCUT2D eigenvalue weighted by molar-refractivity contribution is 7.26. The van der Waals surface area contributed by atoms with Crippen molar-refractivity contribution >= 4 is 63.0 Å². The van der Waals surface area contributed by atoms with Gasteiger partial charge >= 0.3 is 0 Å². The van der Waals surface area contributed by atoms with Gasteiger partial charge in [0, 0.05) is 45.9 Å². The fraction of sp³-hybridized carbons (Fsp3) is 0. The number of rotatable bonds is 3. The number of thiophene rings is 2. The Hall–Kier alpha value is -5.26. The molecule has 0 radical (unpaired) electrons. The molecule has 0 atom stereocenters. The van der Waals surface area contributed by atoms with Crippen LogP contribution in [0.15, 0.2) is 121 Å². The van der Waals surface area contributed by atoms with Crippen molar-refractivity contribution in [2.24, 2.45) is 0 Å². The lowest BCUT2D eigenvalue weighted by atomic mass is 9.83. The first-order valence-corrected chi connectivity index (χ1v) is 15.3. The van der Waals surface area contributed by atoms with Crippen molar-refractivity contribution in [2.75, 3.05) is 0 Å². The number of nitrogens with zero attached hydrogens (tertiary/aromatic N) is 2. The van der Waals surface area contributed by atoms with Crippen molar-refractivity contribution in [3.63, 3.8) is 0 Å². The Bertz CT molecular complexity index is 2280. The molecule has 0 unspecified atom stereocenters. The van der Waals surface area contributed by atoms with Gasteiger partial charge in [-0.05, 0) is 76.3 Å². The maximum absolute atomic E-state index is 10.2. The SMILES string of the molecule is N#Cc1cccc(C#N)c1-c1c(-c2ccc3sc4ccccc4c3c2)cccc1-c1ccc2sc3ccccc3c2c1. The van der Waals surface area contributed by atoms with E-state index in [-0.39, 0.29) is 0 Å². The molecule has 0 N–H and O–H groups in total. The summed E-state index contributed by atoms with van der Waals surface area (Å²) >= 11 is 3.59.